The fourth-order valence-electron chi connectivity index (χ4n) is 4.91. The quantitative estimate of drug-likeness (QED) is 0.546. The lowest BCUT2D eigenvalue weighted by molar-refractivity contribution is 0.0483. The number of nitrogens with zero attached hydrogens (tertiary/aromatic N) is 4. The molecule has 2 aliphatic heterocycles. The molecule has 2 fully saturated rings. The summed E-state index contributed by atoms with van der Waals surface area (Å²) >= 11 is 0. The SMILES string of the molecule is Cc1cc(Nc2cc3ncccc3c(NC3C[C@H]4CC[C@@H](C3)N4C(=O)OC(C)C)n2)n[nH]1. The third-order valence-electron chi connectivity index (χ3n) is 6.18. The maximum Gasteiger partial charge on any atom is 0.410 e. The lowest BCUT2D eigenvalue weighted by Gasteiger charge is -2.39. The average molecular weight is 436 g/mol. The Labute approximate surface area is 187 Å². The lowest BCUT2D eigenvalue weighted by Crippen LogP contribution is -2.50. The first-order valence-corrected chi connectivity index (χ1v) is 11.3. The second kappa shape index (κ2) is 8.29. The Kier molecular flexibility index (Phi) is 5.32. The van der Waals surface area contributed by atoms with Crippen LogP contribution in [0.15, 0.2) is 30.5 Å². The Morgan fingerprint density at radius 1 is 1.22 bits per heavy atom. The molecule has 2 aliphatic rings. The van der Waals surface area contributed by atoms with Gasteiger partial charge in [0, 0.05) is 47.5 Å². The summed E-state index contributed by atoms with van der Waals surface area (Å²) in [6, 6.07) is 8.46. The molecule has 2 bridgehead atoms. The Balaban J connectivity index is 1.37. The summed E-state index contributed by atoms with van der Waals surface area (Å²) in [5.74, 6) is 2.20. The molecule has 0 spiro atoms. The first-order chi connectivity index (χ1) is 15.5. The van der Waals surface area contributed by atoms with Crippen LogP contribution >= 0.6 is 0 Å². The van der Waals surface area contributed by atoms with Crippen molar-refractivity contribution in [1.29, 1.82) is 0 Å². The van der Waals surface area contributed by atoms with Gasteiger partial charge in [-0.15, -0.1) is 0 Å². The highest BCUT2D eigenvalue weighted by Crippen LogP contribution is 2.38. The Morgan fingerprint density at radius 3 is 2.69 bits per heavy atom. The van der Waals surface area contributed by atoms with Crippen LogP contribution in [-0.4, -0.2) is 55.4 Å². The summed E-state index contributed by atoms with van der Waals surface area (Å²) in [6.07, 6.45) is 5.30. The van der Waals surface area contributed by atoms with Gasteiger partial charge in [-0.05, 0) is 58.6 Å². The number of aryl methyl sites for hydroxylation is 1. The van der Waals surface area contributed by atoms with Crippen molar-refractivity contribution < 1.29 is 9.53 Å². The van der Waals surface area contributed by atoms with Crippen LogP contribution in [-0.2, 0) is 4.74 Å². The largest absolute Gasteiger partial charge is 0.447 e. The van der Waals surface area contributed by atoms with E-state index in [9.17, 15) is 4.79 Å². The molecule has 3 aromatic rings. The molecule has 3 aromatic heterocycles. The van der Waals surface area contributed by atoms with Gasteiger partial charge in [-0.3, -0.25) is 10.1 Å². The summed E-state index contributed by atoms with van der Waals surface area (Å²) in [6.45, 7) is 5.74. The topological polar surface area (TPSA) is 108 Å². The number of amides is 1. The summed E-state index contributed by atoms with van der Waals surface area (Å²) in [7, 11) is 0. The van der Waals surface area contributed by atoms with Gasteiger partial charge < -0.3 is 20.3 Å². The van der Waals surface area contributed by atoms with Crippen LogP contribution in [0.25, 0.3) is 10.9 Å². The highest BCUT2D eigenvalue weighted by molar-refractivity contribution is 5.91. The fraction of sp³-hybridized carbons (Fsp3) is 0.478. The lowest BCUT2D eigenvalue weighted by atomic mass is 9.97. The second-order valence-electron chi connectivity index (χ2n) is 9.02. The highest BCUT2D eigenvalue weighted by Gasteiger charge is 2.44. The molecule has 5 rings (SSSR count). The minimum absolute atomic E-state index is 0.102. The van der Waals surface area contributed by atoms with Gasteiger partial charge in [-0.1, -0.05) is 0 Å². The van der Waals surface area contributed by atoms with E-state index >= 15 is 0 Å². The Bertz CT molecular complexity index is 1110. The minimum Gasteiger partial charge on any atom is -0.447 e. The molecule has 0 aliphatic carbocycles. The van der Waals surface area contributed by atoms with Gasteiger partial charge in [0.25, 0.3) is 0 Å². The molecular weight excluding hydrogens is 406 g/mol. The molecule has 1 unspecified atom stereocenters. The van der Waals surface area contributed by atoms with Crippen LogP contribution in [0, 0.1) is 6.92 Å². The summed E-state index contributed by atoms with van der Waals surface area (Å²) in [5.41, 5.74) is 1.84. The number of pyridine rings is 2. The molecule has 2 saturated heterocycles. The van der Waals surface area contributed by atoms with E-state index in [2.05, 4.69) is 25.8 Å². The average Bonchev–Trinajstić information content (AvgIpc) is 3.27. The molecule has 3 atom stereocenters. The van der Waals surface area contributed by atoms with Gasteiger partial charge in [0.05, 0.1) is 11.6 Å². The van der Waals surface area contributed by atoms with Crippen molar-refractivity contribution >= 4 is 34.4 Å². The number of aromatic amines is 1. The van der Waals surface area contributed by atoms with Gasteiger partial charge >= 0.3 is 6.09 Å². The molecule has 5 heterocycles. The minimum atomic E-state index is -0.181. The number of ether oxygens (including phenoxy) is 1. The van der Waals surface area contributed by atoms with Gasteiger partial charge in [-0.25, -0.2) is 9.78 Å². The van der Waals surface area contributed by atoms with Crippen LogP contribution in [0.2, 0.25) is 0 Å². The number of rotatable bonds is 5. The van der Waals surface area contributed by atoms with Crippen LogP contribution in [0.4, 0.5) is 22.2 Å². The van der Waals surface area contributed by atoms with Crippen LogP contribution in [0.3, 0.4) is 0 Å². The van der Waals surface area contributed by atoms with Crippen molar-refractivity contribution in [3.8, 4) is 0 Å². The van der Waals surface area contributed by atoms with Gasteiger partial charge in [-0.2, -0.15) is 5.10 Å². The summed E-state index contributed by atoms with van der Waals surface area (Å²) in [4.78, 5) is 23.9. The number of piperidine rings is 1. The monoisotopic (exact) mass is 435 g/mol. The van der Waals surface area contributed by atoms with Crippen molar-refractivity contribution in [2.45, 2.75) is 70.7 Å². The van der Waals surface area contributed by atoms with Crippen molar-refractivity contribution in [2.75, 3.05) is 10.6 Å². The highest BCUT2D eigenvalue weighted by atomic mass is 16.6. The van der Waals surface area contributed by atoms with Gasteiger partial charge in [0.2, 0.25) is 0 Å². The van der Waals surface area contributed by atoms with E-state index in [1.54, 1.807) is 6.20 Å². The molecule has 0 aromatic carbocycles. The summed E-state index contributed by atoms with van der Waals surface area (Å²) in [5, 5.41) is 15.1. The standard InChI is InChI=1S/C23H29N7O2/c1-13(2)32-23(31)30-16-6-7-17(30)11-15(10-16)25-22-18-5-4-8-24-19(18)12-20(27-22)26-21-9-14(3)28-29-21/h4-5,8-9,12-13,15-17H,6-7,10-11H2,1-3H3,(H3,25,26,27,28,29)/t15?,16-,17+. The number of H-pyrrole nitrogens is 1. The normalized spacial score (nSPS) is 22.4. The first-order valence-electron chi connectivity index (χ1n) is 11.3. The maximum absolute atomic E-state index is 12.6. The first kappa shape index (κ1) is 20.5. The Hall–Kier alpha value is -3.36. The Morgan fingerprint density at radius 2 is 2.00 bits per heavy atom. The van der Waals surface area contributed by atoms with Crippen LogP contribution in [0.5, 0.6) is 0 Å². The van der Waals surface area contributed by atoms with Crippen molar-refractivity contribution in [3.05, 3.63) is 36.2 Å². The predicted octanol–water partition coefficient (Wildman–Crippen LogP) is 4.36. The summed E-state index contributed by atoms with van der Waals surface area (Å²) < 4.78 is 5.48. The van der Waals surface area contributed by atoms with Crippen molar-refractivity contribution in [2.24, 2.45) is 0 Å². The van der Waals surface area contributed by atoms with E-state index in [0.29, 0.717) is 11.6 Å². The molecule has 168 valence electrons. The van der Waals surface area contributed by atoms with Crippen molar-refractivity contribution in [3.63, 3.8) is 0 Å². The van der Waals surface area contributed by atoms with Gasteiger partial charge in [0.15, 0.2) is 5.82 Å². The van der Waals surface area contributed by atoms with E-state index in [4.69, 9.17) is 9.72 Å². The molecule has 0 radical (unpaired) electrons. The zero-order valence-electron chi connectivity index (χ0n) is 18.6. The van der Waals surface area contributed by atoms with Crippen LogP contribution < -0.4 is 10.6 Å². The maximum atomic E-state index is 12.6. The molecule has 1 amide bonds. The van der Waals surface area contributed by atoms with E-state index in [1.165, 1.54) is 0 Å². The number of aromatic nitrogens is 4. The van der Waals surface area contributed by atoms with Gasteiger partial charge in [0.1, 0.15) is 11.6 Å². The fourth-order valence-corrected chi connectivity index (χ4v) is 4.91. The smallest absolute Gasteiger partial charge is 0.410 e. The second-order valence-corrected chi connectivity index (χ2v) is 9.02. The zero-order valence-corrected chi connectivity index (χ0v) is 18.6. The molecule has 0 saturated carbocycles. The molecule has 9 heteroatoms. The zero-order chi connectivity index (χ0) is 22.2. The number of nitrogens with one attached hydrogen (secondary N) is 3. The number of hydrogen-bond donors (Lipinski definition) is 3. The third-order valence-corrected chi connectivity index (χ3v) is 6.18. The number of anilines is 3. The van der Waals surface area contributed by atoms with E-state index in [0.717, 1.165) is 48.1 Å². The third kappa shape index (κ3) is 4.06. The molecule has 3 N–H and O–H groups in total. The van der Waals surface area contributed by atoms with E-state index in [1.807, 2.05) is 49.9 Å². The molecule has 9 nitrogen and oxygen atoms in total. The van der Waals surface area contributed by atoms with Crippen molar-refractivity contribution in [1.82, 2.24) is 25.1 Å². The number of hydrogen-bond acceptors (Lipinski definition) is 7. The van der Waals surface area contributed by atoms with E-state index in [-0.39, 0.29) is 30.3 Å². The molecular formula is C23H29N7O2. The van der Waals surface area contributed by atoms with E-state index < -0.39 is 0 Å². The number of fused-ring (bicyclic) bond motifs is 3. The molecule has 32 heavy (non-hydrogen) atoms. The van der Waals surface area contributed by atoms with Crippen LogP contribution in [0.1, 0.15) is 45.2 Å². The number of carbonyl (C=O) groups excluding carboxylic acids is 1. The number of carbonyl (C=O) groups is 1. The predicted molar refractivity (Wildman–Crippen MR) is 123 cm³/mol.